The van der Waals surface area contributed by atoms with Crippen molar-refractivity contribution in [3.05, 3.63) is 18.2 Å². The fourth-order valence-electron chi connectivity index (χ4n) is 2.49. The molecular formula is C12H20N4O2S. The van der Waals surface area contributed by atoms with E-state index in [1.807, 2.05) is 4.90 Å². The van der Waals surface area contributed by atoms with Crippen LogP contribution >= 0.6 is 0 Å². The molecule has 19 heavy (non-hydrogen) atoms. The molecule has 0 spiro atoms. The van der Waals surface area contributed by atoms with Gasteiger partial charge in [-0.25, -0.2) is 13.4 Å². The van der Waals surface area contributed by atoms with Crippen molar-refractivity contribution in [2.75, 3.05) is 12.8 Å². The molecule has 106 valence electrons. The minimum atomic E-state index is -3.34. The van der Waals surface area contributed by atoms with Gasteiger partial charge in [-0.3, -0.25) is 0 Å². The monoisotopic (exact) mass is 284 g/mol. The average Bonchev–Trinajstić information content (AvgIpc) is 2.89. The maximum atomic E-state index is 11.4. The van der Waals surface area contributed by atoms with Gasteiger partial charge in [0.1, 0.15) is 5.84 Å². The average molecular weight is 284 g/mol. The summed E-state index contributed by atoms with van der Waals surface area (Å²) in [6, 6.07) is 0. The highest BCUT2D eigenvalue weighted by Crippen LogP contribution is 2.25. The molecule has 1 unspecified atom stereocenters. The van der Waals surface area contributed by atoms with Gasteiger partial charge in [0.15, 0.2) is 0 Å². The fourth-order valence-corrected chi connectivity index (χ4v) is 3.06. The number of sulfonamides is 1. The number of nitrogens with one attached hydrogen (secondary N) is 1. The van der Waals surface area contributed by atoms with Crippen molar-refractivity contribution in [2.24, 2.45) is 10.3 Å². The van der Waals surface area contributed by atoms with Crippen LogP contribution in [0.5, 0.6) is 0 Å². The van der Waals surface area contributed by atoms with E-state index in [9.17, 15) is 8.42 Å². The Kier molecular flexibility index (Phi) is 4.24. The molecule has 0 aliphatic carbocycles. The minimum Gasteiger partial charge on any atom is -0.353 e. The SMILES string of the molecule is CCCC1C/C(=N\S(C)(=O)=O)N(Cc2cnc[nH]2)C1. The van der Waals surface area contributed by atoms with Crippen molar-refractivity contribution < 1.29 is 8.42 Å². The number of hydrogen-bond donors (Lipinski definition) is 1. The second kappa shape index (κ2) is 5.73. The first-order valence-corrected chi connectivity index (χ1v) is 8.33. The summed E-state index contributed by atoms with van der Waals surface area (Å²) in [5, 5.41) is 0. The molecule has 1 saturated heterocycles. The highest BCUT2D eigenvalue weighted by Gasteiger charge is 2.28. The summed E-state index contributed by atoms with van der Waals surface area (Å²) in [5.41, 5.74) is 0.971. The number of H-pyrrole nitrogens is 1. The Morgan fingerprint density at radius 1 is 1.58 bits per heavy atom. The number of likely N-dealkylation sites (tertiary alicyclic amines) is 1. The van der Waals surface area contributed by atoms with Crippen LogP contribution < -0.4 is 0 Å². The third kappa shape index (κ3) is 4.05. The van der Waals surface area contributed by atoms with Gasteiger partial charge >= 0.3 is 0 Å². The van der Waals surface area contributed by atoms with Crippen LogP contribution in [0.3, 0.4) is 0 Å². The first-order valence-electron chi connectivity index (χ1n) is 6.49. The third-order valence-corrected chi connectivity index (χ3v) is 3.74. The lowest BCUT2D eigenvalue weighted by Crippen LogP contribution is -2.26. The van der Waals surface area contributed by atoms with Gasteiger partial charge in [0.05, 0.1) is 24.8 Å². The van der Waals surface area contributed by atoms with Gasteiger partial charge in [-0.15, -0.1) is 0 Å². The number of nitrogens with zero attached hydrogens (tertiary/aromatic N) is 3. The Morgan fingerprint density at radius 2 is 2.37 bits per heavy atom. The Balaban J connectivity index is 2.15. The number of aromatic nitrogens is 2. The molecule has 6 nitrogen and oxygen atoms in total. The number of amidine groups is 1. The van der Waals surface area contributed by atoms with E-state index in [2.05, 4.69) is 21.3 Å². The summed E-state index contributed by atoms with van der Waals surface area (Å²) in [6.45, 7) is 3.64. The molecule has 0 bridgehead atoms. The van der Waals surface area contributed by atoms with Crippen LogP contribution in [0.25, 0.3) is 0 Å². The van der Waals surface area contributed by atoms with Crippen LogP contribution in [0.2, 0.25) is 0 Å². The standard InChI is InChI=1S/C12H20N4O2S/c1-3-4-10-5-12(15-19(2,17)18)16(7-10)8-11-6-13-9-14-11/h6,9-10H,3-5,7-8H2,1-2H3,(H,13,14)/b15-12+. The molecule has 1 atom stereocenters. The highest BCUT2D eigenvalue weighted by molar-refractivity contribution is 7.89. The molecule has 0 amide bonds. The zero-order valence-corrected chi connectivity index (χ0v) is 12.2. The van der Waals surface area contributed by atoms with Crippen molar-refractivity contribution in [3.8, 4) is 0 Å². The number of hydrogen-bond acceptors (Lipinski definition) is 3. The summed E-state index contributed by atoms with van der Waals surface area (Å²) in [4.78, 5) is 9.05. The lowest BCUT2D eigenvalue weighted by atomic mass is 10.0. The van der Waals surface area contributed by atoms with Crippen molar-refractivity contribution in [1.82, 2.24) is 14.9 Å². The topological polar surface area (TPSA) is 78.4 Å². The second-order valence-corrected chi connectivity index (χ2v) is 6.71. The van der Waals surface area contributed by atoms with Gasteiger partial charge in [0.2, 0.25) is 0 Å². The number of rotatable bonds is 5. The number of imidazole rings is 1. The van der Waals surface area contributed by atoms with Crippen LogP contribution in [-0.4, -0.2) is 41.9 Å². The molecule has 1 aliphatic heterocycles. The summed E-state index contributed by atoms with van der Waals surface area (Å²) in [5.74, 6) is 1.17. The first-order chi connectivity index (χ1) is 8.98. The second-order valence-electron chi connectivity index (χ2n) is 5.06. The molecular weight excluding hydrogens is 264 g/mol. The quantitative estimate of drug-likeness (QED) is 0.886. The van der Waals surface area contributed by atoms with Crippen LogP contribution in [0.4, 0.5) is 0 Å². The Hall–Kier alpha value is -1.37. The van der Waals surface area contributed by atoms with Crippen molar-refractivity contribution in [1.29, 1.82) is 0 Å². The molecule has 7 heteroatoms. The van der Waals surface area contributed by atoms with Crippen molar-refractivity contribution >= 4 is 15.9 Å². The smallest absolute Gasteiger partial charge is 0.251 e. The van der Waals surface area contributed by atoms with E-state index >= 15 is 0 Å². The molecule has 0 radical (unpaired) electrons. The predicted octanol–water partition coefficient (Wildman–Crippen LogP) is 1.39. The summed E-state index contributed by atoms with van der Waals surface area (Å²) in [6.07, 6.45) is 7.47. The van der Waals surface area contributed by atoms with Crippen molar-refractivity contribution in [2.45, 2.75) is 32.7 Å². The van der Waals surface area contributed by atoms with Gasteiger partial charge in [-0.2, -0.15) is 4.40 Å². The molecule has 0 saturated carbocycles. The van der Waals surface area contributed by atoms with Gasteiger partial charge < -0.3 is 9.88 Å². The lowest BCUT2D eigenvalue weighted by molar-refractivity contribution is 0.378. The molecule has 1 aromatic rings. The lowest BCUT2D eigenvalue weighted by Gasteiger charge is -2.18. The molecule has 1 aliphatic rings. The van der Waals surface area contributed by atoms with E-state index in [4.69, 9.17) is 0 Å². The largest absolute Gasteiger partial charge is 0.353 e. The van der Waals surface area contributed by atoms with E-state index in [0.717, 1.165) is 37.8 Å². The van der Waals surface area contributed by atoms with Gasteiger partial charge in [-0.1, -0.05) is 13.3 Å². The van der Waals surface area contributed by atoms with Crippen molar-refractivity contribution in [3.63, 3.8) is 0 Å². The van der Waals surface area contributed by atoms with E-state index in [1.54, 1.807) is 12.5 Å². The third-order valence-electron chi connectivity index (χ3n) is 3.20. The molecule has 2 rings (SSSR count). The van der Waals surface area contributed by atoms with Crippen LogP contribution in [0, 0.1) is 5.92 Å². The zero-order chi connectivity index (χ0) is 13.9. The summed E-state index contributed by atoms with van der Waals surface area (Å²) >= 11 is 0. The van der Waals surface area contributed by atoms with E-state index in [1.165, 1.54) is 0 Å². The predicted molar refractivity (Wildman–Crippen MR) is 74.3 cm³/mol. The first kappa shape index (κ1) is 14.0. The van der Waals surface area contributed by atoms with Crippen LogP contribution in [-0.2, 0) is 16.6 Å². The maximum absolute atomic E-state index is 11.4. The summed E-state index contributed by atoms with van der Waals surface area (Å²) < 4.78 is 26.6. The van der Waals surface area contributed by atoms with Gasteiger partial charge in [0, 0.05) is 19.2 Å². The molecule has 1 N–H and O–H groups in total. The van der Waals surface area contributed by atoms with Crippen LogP contribution in [0.1, 0.15) is 31.9 Å². The highest BCUT2D eigenvalue weighted by atomic mass is 32.2. The van der Waals surface area contributed by atoms with Crippen LogP contribution in [0.15, 0.2) is 16.9 Å². The Bertz CT molecular complexity index is 536. The fraction of sp³-hybridized carbons (Fsp3) is 0.667. The minimum absolute atomic E-state index is 0.494. The Labute approximate surface area is 114 Å². The number of aromatic amines is 1. The van der Waals surface area contributed by atoms with Gasteiger partial charge in [0.25, 0.3) is 10.0 Å². The van der Waals surface area contributed by atoms with E-state index < -0.39 is 10.0 Å². The molecule has 1 fully saturated rings. The Morgan fingerprint density at radius 3 is 2.95 bits per heavy atom. The summed E-state index contributed by atoms with van der Waals surface area (Å²) in [7, 11) is -3.34. The van der Waals surface area contributed by atoms with E-state index in [0.29, 0.717) is 18.3 Å². The van der Waals surface area contributed by atoms with E-state index in [-0.39, 0.29) is 0 Å². The van der Waals surface area contributed by atoms with Gasteiger partial charge in [-0.05, 0) is 12.3 Å². The zero-order valence-electron chi connectivity index (χ0n) is 11.3. The maximum Gasteiger partial charge on any atom is 0.251 e. The normalized spacial score (nSPS) is 22.3. The molecule has 2 heterocycles. The molecule has 1 aromatic heterocycles. The molecule has 0 aromatic carbocycles.